The fourth-order valence-corrected chi connectivity index (χ4v) is 2.89. The average molecular weight is 299 g/mol. The smallest absolute Gasteiger partial charge is 0.0443 e. The van der Waals surface area contributed by atoms with Gasteiger partial charge in [-0.25, -0.2) is 0 Å². The second kappa shape index (κ2) is 8.78. The molecular formula is C19H25NS. The molecule has 0 atom stereocenters. The van der Waals surface area contributed by atoms with E-state index in [9.17, 15) is 0 Å². The molecule has 0 aliphatic heterocycles. The van der Waals surface area contributed by atoms with Crippen LogP contribution in [-0.2, 0) is 12.8 Å². The number of hydrogen-bond acceptors (Lipinski definition) is 2. The molecule has 0 aromatic heterocycles. The van der Waals surface area contributed by atoms with Gasteiger partial charge >= 0.3 is 0 Å². The summed E-state index contributed by atoms with van der Waals surface area (Å²) in [5, 5.41) is 0. The molecule has 2 aromatic rings. The van der Waals surface area contributed by atoms with Crippen LogP contribution in [0.25, 0.3) is 0 Å². The predicted molar refractivity (Wildman–Crippen MR) is 95.0 cm³/mol. The van der Waals surface area contributed by atoms with Crippen molar-refractivity contribution in [2.24, 2.45) is 0 Å². The van der Waals surface area contributed by atoms with Crippen molar-refractivity contribution in [2.75, 3.05) is 4.72 Å². The van der Waals surface area contributed by atoms with Gasteiger partial charge in [-0.15, -0.1) is 0 Å². The molecule has 0 spiro atoms. The maximum atomic E-state index is 3.41. The minimum absolute atomic E-state index is 1.16. The van der Waals surface area contributed by atoms with Crippen molar-refractivity contribution in [1.29, 1.82) is 0 Å². The van der Waals surface area contributed by atoms with Gasteiger partial charge in [-0.05, 0) is 66.6 Å². The fourth-order valence-electron chi connectivity index (χ4n) is 2.25. The highest BCUT2D eigenvalue weighted by Crippen LogP contribution is 2.22. The van der Waals surface area contributed by atoms with E-state index in [0.29, 0.717) is 0 Å². The number of benzene rings is 2. The van der Waals surface area contributed by atoms with Crippen LogP contribution >= 0.6 is 11.9 Å². The third kappa shape index (κ3) is 5.47. The Labute approximate surface area is 133 Å². The molecule has 0 saturated carbocycles. The predicted octanol–water partition coefficient (Wildman–Crippen LogP) is 6.10. The lowest BCUT2D eigenvalue weighted by Gasteiger charge is -2.07. The lowest BCUT2D eigenvalue weighted by atomic mass is 10.1. The molecule has 0 fully saturated rings. The minimum Gasteiger partial charge on any atom is -0.326 e. The Balaban J connectivity index is 1.84. The zero-order valence-electron chi connectivity index (χ0n) is 13.1. The van der Waals surface area contributed by atoms with Gasteiger partial charge < -0.3 is 4.72 Å². The van der Waals surface area contributed by atoms with Crippen molar-refractivity contribution in [1.82, 2.24) is 0 Å². The van der Waals surface area contributed by atoms with Crippen molar-refractivity contribution in [2.45, 2.75) is 50.8 Å². The first-order valence-corrected chi connectivity index (χ1v) is 8.74. The van der Waals surface area contributed by atoms with Crippen LogP contribution < -0.4 is 4.72 Å². The summed E-state index contributed by atoms with van der Waals surface area (Å²) in [5.74, 6) is 0. The molecule has 0 unspecified atom stereocenters. The summed E-state index contributed by atoms with van der Waals surface area (Å²) in [6.07, 6.45) is 6.07. The molecule has 21 heavy (non-hydrogen) atoms. The number of anilines is 1. The molecule has 1 N–H and O–H groups in total. The molecule has 0 bridgehead atoms. The molecule has 112 valence electrons. The quantitative estimate of drug-likeness (QED) is 0.591. The van der Waals surface area contributed by atoms with Crippen LogP contribution in [0.5, 0.6) is 0 Å². The van der Waals surface area contributed by atoms with Gasteiger partial charge in [0, 0.05) is 10.6 Å². The normalized spacial score (nSPS) is 10.6. The van der Waals surface area contributed by atoms with Crippen molar-refractivity contribution in [3.8, 4) is 0 Å². The molecule has 0 aliphatic rings. The van der Waals surface area contributed by atoms with Crippen LogP contribution in [0.1, 0.15) is 44.2 Å². The maximum Gasteiger partial charge on any atom is 0.0443 e. The zero-order chi connectivity index (χ0) is 14.9. The van der Waals surface area contributed by atoms with E-state index in [-0.39, 0.29) is 0 Å². The highest BCUT2D eigenvalue weighted by atomic mass is 32.2. The fraction of sp³-hybridized carbons (Fsp3) is 0.368. The van der Waals surface area contributed by atoms with Gasteiger partial charge in [0.2, 0.25) is 0 Å². The summed E-state index contributed by atoms with van der Waals surface area (Å²) in [6, 6.07) is 17.6. The van der Waals surface area contributed by atoms with Gasteiger partial charge in [0.15, 0.2) is 0 Å². The van der Waals surface area contributed by atoms with Gasteiger partial charge in [-0.1, -0.05) is 51.0 Å². The lowest BCUT2D eigenvalue weighted by molar-refractivity contribution is 0.795. The number of rotatable bonds is 8. The van der Waals surface area contributed by atoms with Gasteiger partial charge in [-0.2, -0.15) is 0 Å². The van der Waals surface area contributed by atoms with Crippen molar-refractivity contribution in [3.63, 3.8) is 0 Å². The van der Waals surface area contributed by atoms with Crippen LogP contribution in [0, 0.1) is 0 Å². The van der Waals surface area contributed by atoms with Crippen molar-refractivity contribution in [3.05, 3.63) is 59.7 Å². The number of nitrogens with one attached hydrogen (secondary N) is 1. The SMILES string of the molecule is CCCCc1ccc(NSc2ccc(CCC)cc2)cc1. The summed E-state index contributed by atoms with van der Waals surface area (Å²) in [4.78, 5) is 1.25. The Morgan fingerprint density at radius 2 is 1.38 bits per heavy atom. The maximum absolute atomic E-state index is 3.41. The van der Waals surface area contributed by atoms with Gasteiger partial charge in [-0.3, -0.25) is 0 Å². The Morgan fingerprint density at radius 1 is 0.762 bits per heavy atom. The summed E-state index contributed by atoms with van der Waals surface area (Å²) in [6.45, 7) is 4.45. The highest BCUT2D eigenvalue weighted by molar-refractivity contribution is 8.00. The van der Waals surface area contributed by atoms with Crippen LogP contribution in [0.4, 0.5) is 5.69 Å². The van der Waals surface area contributed by atoms with Crippen LogP contribution in [-0.4, -0.2) is 0 Å². The molecule has 0 radical (unpaired) electrons. The van der Waals surface area contributed by atoms with E-state index in [1.54, 1.807) is 11.9 Å². The number of aryl methyl sites for hydroxylation is 2. The first-order chi connectivity index (χ1) is 10.3. The highest BCUT2D eigenvalue weighted by Gasteiger charge is 1.98. The largest absolute Gasteiger partial charge is 0.326 e. The van der Waals surface area contributed by atoms with E-state index in [2.05, 4.69) is 67.1 Å². The van der Waals surface area contributed by atoms with E-state index in [4.69, 9.17) is 0 Å². The van der Waals surface area contributed by atoms with E-state index >= 15 is 0 Å². The molecule has 2 rings (SSSR count). The van der Waals surface area contributed by atoms with Crippen molar-refractivity contribution < 1.29 is 0 Å². The molecule has 0 aliphatic carbocycles. The zero-order valence-corrected chi connectivity index (χ0v) is 13.9. The second-order valence-electron chi connectivity index (χ2n) is 5.40. The molecule has 2 aromatic carbocycles. The summed E-state index contributed by atoms with van der Waals surface area (Å²) >= 11 is 1.67. The summed E-state index contributed by atoms with van der Waals surface area (Å²) in [7, 11) is 0. The van der Waals surface area contributed by atoms with Crippen LogP contribution in [0.3, 0.4) is 0 Å². The Kier molecular flexibility index (Phi) is 6.68. The third-order valence-electron chi connectivity index (χ3n) is 3.52. The lowest BCUT2D eigenvalue weighted by Crippen LogP contribution is -1.89. The van der Waals surface area contributed by atoms with Gasteiger partial charge in [0.1, 0.15) is 0 Å². The van der Waals surface area contributed by atoms with E-state index in [1.165, 1.54) is 41.7 Å². The first kappa shape index (κ1) is 16.0. The monoisotopic (exact) mass is 299 g/mol. The van der Waals surface area contributed by atoms with Crippen molar-refractivity contribution >= 4 is 17.6 Å². The topological polar surface area (TPSA) is 12.0 Å². The van der Waals surface area contributed by atoms with E-state index < -0.39 is 0 Å². The minimum atomic E-state index is 1.16. The molecule has 1 nitrogen and oxygen atoms in total. The Hall–Kier alpha value is -1.41. The van der Waals surface area contributed by atoms with Crippen LogP contribution in [0.15, 0.2) is 53.4 Å². The summed E-state index contributed by atoms with van der Waals surface area (Å²) in [5.41, 5.74) is 4.01. The van der Waals surface area contributed by atoms with Gasteiger partial charge in [0.05, 0.1) is 0 Å². The Morgan fingerprint density at radius 3 is 2.00 bits per heavy atom. The standard InChI is InChI=1S/C19H25NS/c1-3-5-7-17-8-12-18(13-9-17)20-21-19-14-10-16(6-4-2)11-15-19/h8-15,20H,3-7H2,1-2H3. The van der Waals surface area contributed by atoms with Gasteiger partial charge in [0.25, 0.3) is 0 Å². The summed E-state index contributed by atoms with van der Waals surface area (Å²) < 4.78 is 3.41. The molecule has 0 saturated heterocycles. The number of hydrogen-bond donors (Lipinski definition) is 1. The van der Waals surface area contributed by atoms with Crippen LogP contribution in [0.2, 0.25) is 0 Å². The number of unbranched alkanes of at least 4 members (excludes halogenated alkanes) is 1. The second-order valence-corrected chi connectivity index (χ2v) is 6.28. The third-order valence-corrected chi connectivity index (χ3v) is 4.37. The molecule has 0 amide bonds. The first-order valence-electron chi connectivity index (χ1n) is 7.92. The van der Waals surface area contributed by atoms with E-state index in [1.807, 2.05) is 0 Å². The average Bonchev–Trinajstić information content (AvgIpc) is 2.53. The molecule has 2 heteroatoms. The molecule has 0 heterocycles. The Bertz CT molecular complexity index is 516. The molecular weight excluding hydrogens is 274 g/mol. The van der Waals surface area contributed by atoms with E-state index in [0.717, 1.165) is 12.1 Å².